The predicted octanol–water partition coefficient (Wildman–Crippen LogP) is 0.967. The van der Waals surface area contributed by atoms with Gasteiger partial charge in [-0.2, -0.15) is 0 Å². The highest BCUT2D eigenvalue weighted by Crippen LogP contribution is 2.34. The van der Waals surface area contributed by atoms with Crippen molar-refractivity contribution >= 4 is 35.0 Å². The van der Waals surface area contributed by atoms with Crippen molar-refractivity contribution in [2.75, 3.05) is 13.7 Å². The Bertz CT molecular complexity index is 685. The van der Waals surface area contributed by atoms with Gasteiger partial charge in [0.05, 0.1) is 12.0 Å². The molecule has 23 heavy (non-hydrogen) atoms. The van der Waals surface area contributed by atoms with Crippen LogP contribution in [-0.4, -0.2) is 40.8 Å². The fraction of sp³-hybridized carbons (Fsp3) is 0.267. The van der Waals surface area contributed by atoms with Crippen LogP contribution in [0.2, 0.25) is 0 Å². The number of imide groups is 1. The summed E-state index contributed by atoms with van der Waals surface area (Å²) in [5, 5.41) is 19.5. The lowest BCUT2D eigenvalue weighted by molar-refractivity contribution is -0.305. The van der Waals surface area contributed by atoms with E-state index < -0.39 is 17.1 Å². The van der Waals surface area contributed by atoms with E-state index in [-0.39, 0.29) is 35.8 Å². The fourth-order valence-corrected chi connectivity index (χ4v) is 2.87. The third kappa shape index (κ3) is 4.04. The number of thioether (sulfide) groups is 1. The number of nitrogens with zero attached hydrogens (tertiary/aromatic N) is 1. The second-order valence-corrected chi connectivity index (χ2v) is 5.73. The number of ether oxygens (including phenoxy) is 1. The molecule has 1 aromatic carbocycles. The van der Waals surface area contributed by atoms with Crippen LogP contribution in [0.4, 0.5) is 4.79 Å². The first kappa shape index (κ1) is 16.9. The number of hydrogen-bond acceptors (Lipinski definition) is 7. The molecular formula is C15H14NO6S-. The second kappa shape index (κ2) is 7.19. The highest BCUT2D eigenvalue weighted by Gasteiger charge is 2.34. The number of benzene rings is 1. The van der Waals surface area contributed by atoms with Crippen LogP contribution in [-0.2, 0) is 9.59 Å². The highest BCUT2D eigenvalue weighted by molar-refractivity contribution is 8.18. The Morgan fingerprint density at radius 3 is 2.83 bits per heavy atom. The summed E-state index contributed by atoms with van der Waals surface area (Å²) in [5.41, 5.74) is 0.597. The lowest BCUT2D eigenvalue weighted by Gasteiger charge is -2.12. The third-order valence-corrected chi connectivity index (χ3v) is 4.05. The molecule has 0 bridgehead atoms. The van der Waals surface area contributed by atoms with E-state index in [0.717, 1.165) is 16.7 Å². The maximum absolute atomic E-state index is 12.2. The number of phenols is 1. The molecule has 2 amide bonds. The van der Waals surface area contributed by atoms with Crippen LogP contribution in [0.3, 0.4) is 0 Å². The largest absolute Gasteiger partial charge is 0.550 e. The Hall–Kier alpha value is -2.48. The number of aliphatic carboxylic acids is 1. The molecule has 1 N–H and O–H groups in total. The molecule has 0 aliphatic carbocycles. The van der Waals surface area contributed by atoms with Crippen molar-refractivity contribution in [2.45, 2.75) is 12.8 Å². The van der Waals surface area contributed by atoms with E-state index in [1.807, 2.05) is 0 Å². The van der Waals surface area contributed by atoms with E-state index in [1.165, 1.54) is 19.3 Å². The van der Waals surface area contributed by atoms with Gasteiger partial charge in [0.15, 0.2) is 11.5 Å². The minimum absolute atomic E-state index is 0.0277. The number of amides is 2. The molecule has 122 valence electrons. The Balaban J connectivity index is 2.13. The number of rotatable bonds is 6. The average molecular weight is 336 g/mol. The van der Waals surface area contributed by atoms with E-state index in [9.17, 15) is 24.6 Å². The molecular weight excluding hydrogens is 322 g/mol. The number of methoxy groups -OCH3 is 1. The van der Waals surface area contributed by atoms with Gasteiger partial charge in [0.1, 0.15) is 0 Å². The number of carbonyl (C=O) groups is 3. The lowest BCUT2D eigenvalue weighted by atomic mass is 10.2. The minimum Gasteiger partial charge on any atom is -0.550 e. The summed E-state index contributed by atoms with van der Waals surface area (Å²) in [7, 11) is 1.41. The predicted molar refractivity (Wildman–Crippen MR) is 81.6 cm³/mol. The first-order valence-electron chi connectivity index (χ1n) is 6.74. The lowest BCUT2D eigenvalue weighted by Crippen LogP contribution is -2.30. The second-order valence-electron chi connectivity index (χ2n) is 4.74. The maximum Gasteiger partial charge on any atom is 0.293 e. The van der Waals surface area contributed by atoms with Crippen LogP contribution in [0.15, 0.2) is 23.1 Å². The molecule has 1 aliphatic heterocycles. The van der Waals surface area contributed by atoms with Crippen LogP contribution < -0.4 is 9.84 Å². The van der Waals surface area contributed by atoms with Crippen LogP contribution in [0, 0.1) is 0 Å². The molecule has 7 nitrogen and oxygen atoms in total. The maximum atomic E-state index is 12.2. The van der Waals surface area contributed by atoms with Gasteiger partial charge in [0.2, 0.25) is 0 Å². The molecule has 0 spiro atoms. The highest BCUT2D eigenvalue weighted by atomic mass is 32.2. The molecule has 2 rings (SSSR count). The van der Waals surface area contributed by atoms with Gasteiger partial charge in [-0.3, -0.25) is 14.5 Å². The monoisotopic (exact) mass is 336 g/mol. The summed E-state index contributed by atoms with van der Waals surface area (Å²) in [6, 6.07) is 4.55. The van der Waals surface area contributed by atoms with Crippen molar-refractivity contribution in [3.63, 3.8) is 0 Å². The topological polar surface area (TPSA) is 107 Å². The molecule has 1 saturated heterocycles. The molecule has 0 radical (unpaired) electrons. The van der Waals surface area contributed by atoms with Gasteiger partial charge in [-0.1, -0.05) is 6.07 Å². The van der Waals surface area contributed by atoms with Gasteiger partial charge in [-0.25, -0.2) is 0 Å². The van der Waals surface area contributed by atoms with Crippen LogP contribution in [0.25, 0.3) is 6.08 Å². The number of phenolic OH excluding ortho intramolecular Hbond substituents is 1. The summed E-state index contributed by atoms with van der Waals surface area (Å²) in [6.45, 7) is 0.0366. The van der Waals surface area contributed by atoms with Gasteiger partial charge in [0, 0.05) is 12.5 Å². The van der Waals surface area contributed by atoms with E-state index in [2.05, 4.69) is 0 Å². The number of aromatic hydroxyl groups is 1. The molecule has 1 heterocycles. The Labute approximate surface area is 136 Å². The van der Waals surface area contributed by atoms with E-state index >= 15 is 0 Å². The van der Waals surface area contributed by atoms with Gasteiger partial charge in [0.25, 0.3) is 11.1 Å². The molecule has 0 aromatic heterocycles. The van der Waals surface area contributed by atoms with E-state index in [1.54, 1.807) is 12.1 Å². The average Bonchev–Trinajstić information content (AvgIpc) is 2.76. The normalized spacial score (nSPS) is 16.2. The first-order chi connectivity index (χ1) is 10.9. The zero-order valence-electron chi connectivity index (χ0n) is 12.3. The smallest absolute Gasteiger partial charge is 0.293 e. The number of hydrogen-bond donors (Lipinski definition) is 1. The van der Waals surface area contributed by atoms with Crippen molar-refractivity contribution in [1.29, 1.82) is 0 Å². The minimum atomic E-state index is -1.22. The molecule has 0 unspecified atom stereocenters. The van der Waals surface area contributed by atoms with Gasteiger partial charge >= 0.3 is 0 Å². The summed E-state index contributed by atoms with van der Waals surface area (Å²) in [5.74, 6) is -1.46. The zero-order chi connectivity index (χ0) is 17.0. The standard InChI is InChI=1S/C15H15NO6S/c1-22-11-7-9(4-5-10(11)17)8-12-14(20)16(15(21)23-12)6-2-3-13(18)19/h4-5,7-8,17H,2-3,6H2,1H3,(H,18,19)/p-1/b12-8-. The Morgan fingerprint density at radius 2 is 2.17 bits per heavy atom. The molecule has 1 aliphatic rings. The fourth-order valence-electron chi connectivity index (χ4n) is 2.01. The van der Waals surface area contributed by atoms with E-state index in [0.29, 0.717) is 5.56 Å². The molecule has 8 heteroatoms. The van der Waals surface area contributed by atoms with Gasteiger partial charge in [-0.15, -0.1) is 0 Å². The molecule has 1 fully saturated rings. The van der Waals surface area contributed by atoms with Crippen LogP contribution >= 0.6 is 11.8 Å². The van der Waals surface area contributed by atoms with Gasteiger partial charge < -0.3 is 19.7 Å². The van der Waals surface area contributed by atoms with Crippen molar-refractivity contribution in [3.8, 4) is 11.5 Å². The molecule has 1 aromatic rings. The van der Waals surface area contributed by atoms with Crippen molar-refractivity contribution in [1.82, 2.24) is 4.90 Å². The van der Waals surface area contributed by atoms with Crippen molar-refractivity contribution in [3.05, 3.63) is 28.7 Å². The summed E-state index contributed by atoms with van der Waals surface area (Å²) in [6.07, 6.45) is 1.46. The Kier molecular flexibility index (Phi) is 5.28. The molecule has 0 atom stereocenters. The number of carboxylic acid groups (broad SMARTS) is 1. The van der Waals surface area contributed by atoms with Crippen LogP contribution in [0.5, 0.6) is 11.5 Å². The van der Waals surface area contributed by atoms with Crippen molar-refractivity contribution in [2.24, 2.45) is 0 Å². The molecule has 0 saturated carbocycles. The van der Waals surface area contributed by atoms with Gasteiger partial charge in [-0.05, 0) is 48.4 Å². The third-order valence-electron chi connectivity index (χ3n) is 3.14. The number of carbonyl (C=O) groups excluding carboxylic acids is 3. The quantitative estimate of drug-likeness (QED) is 0.771. The van der Waals surface area contributed by atoms with Crippen LogP contribution in [0.1, 0.15) is 18.4 Å². The summed E-state index contributed by atoms with van der Waals surface area (Å²) < 4.78 is 4.98. The van der Waals surface area contributed by atoms with E-state index in [4.69, 9.17) is 4.74 Å². The SMILES string of the molecule is COc1cc(/C=C2\SC(=O)N(CCCC(=O)[O-])C2=O)ccc1O. The summed E-state index contributed by atoms with van der Waals surface area (Å²) in [4.78, 5) is 35.7. The first-order valence-corrected chi connectivity index (χ1v) is 7.56. The summed E-state index contributed by atoms with van der Waals surface area (Å²) >= 11 is 0.785. The Morgan fingerprint density at radius 1 is 1.43 bits per heavy atom. The van der Waals surface area contributed by atoms with Crippen molar-refractivity contribution < 1.29 is 29.3 Å². The number of carboxylic acids is 1. The zero-order valence-corrected chi connectivity index (χ0v) is 13.1.